The van der Waals surface area contributed by atoms with Crippen molar-refractivity contribution in [2.75, 3.05) is 6.54 Å². The fourth-order valence-electron chi connectivity index (χ4n) is 1.54. The Balaban J connectivity index is 2.42. The lowest BCUT2D eigenvalue weighted by molar-refractivity contribution is 0.0518. The number of ether oxygens (including phenoxy) is 1. The van der Waals surface area contributed by atoms with Crippen LogP contribution < -0.4 is 9.82 Å². The van der Waals surface area contributed by atoms with Gasteiger partial charge in [-0.3, -0.25) is 0 Å². The molecule has 1 aromatic rings. The number of alkyl carbamates (subject to hydrolysis) is 1. The first-order valence-corrected chi connectivity index (χ1v) is 11.4. The zero-order valence-electron chi connectivity index (χ0n) is 13.7. The third-order valence-electron chi connectivity index (χ3n) is 2.63. The van der Waals surface area contributed by atoms with E-state index in [1.54, 1.807) is 11.3 Å². The fourth-order valence-corrected chi connectivity index (χ4v) is 4.22. The number of hydrogen-bond donors (Lipinski definition) is 2. The van der Waals surface area contributed by atoms with Crippen LogP contribution in [0.4, 0.5) is 4.79 Å². The van der Waals surface area contributed by atoms with Crippen LogP contribution in [-0.2, 0) is 4.74 Å². The molecule has 0 aliphatic rings. The molecule has 0 radical (unpaired) electrons. The quantitative estimate of drug-likeness (QED) is 0.814. The van der Waals surface area contributed by atoms with E-state index in [4.69, 9.17) is 4.74 Å². The topological polar surface area (TPSA) is 71.5 Å². The molecule has 0 saturated carbocycles. The second-order valence-electron chi connectivity index (χ2n) is 7.05. The van der Waals surface area contributed by atoms with Crippen LogP contribution in [0.5, 0.6) is 0 Å². The van der Waals surface area contributed by atoms with Crippen molar-refractivity contribution < 1.29 is 14.6 Å². The number of aliphatic hydroxyl groups excluding tert-OH is 1. The molecule has 0 fully saturated rings. The van der Waals surface area contributed by atoms with Crippen LogP contribution in [0.15, 0.2) is 6.20 Å². The highest BCUT2D eigenvalue weighted by atomic mass is 32.1. The molecule has 0 bridgehead atoms. The molecule has 0 aromatic carbocycles. The number of aromatic nitrogens is 1. The lowest BCUT2D eigenvalue weighted by Crippen LogP contribution is -2.34. The van der Waals surface area contributed by atoms with E-state index in [9.17, 15) is 9.90 Å². The molecule has 120 valence electrons. The number of carbonyl (C=O) groups excluding carboxylic acids is 1. The maximum atomic E-state index is 11.5. The Labute approximate surface area is 131 Å². The van der Waals surface area contributed by atoms with Gasteiger partial charge in [0.15, 0.2) is 0 Å². The summed E-state index contributed by atoms with van der Waals surface area (Å²) in [5.74, 6) is 0. The molecular weight excluding hydrogens is 304 g/mol. The summed E-state index contributed by atoms with van der Waals surface area (Å²) in [5, 5.41) is 13.5. The lowest BCUT2D eigenvalue weighted by atomic mass is 10.2. The predicted octanol–water partition coefficient (Wildman–Crippen LogP) is 2.64. The van der Waals surface area contributed by atoms with Crippen LogP contribution in [0.2, 0.25) is 19.6 Å². The number of aliphatic hydroxyl groups is 1. The van der Waals surface area contributed by atoms with Gasteiger partial charge in [-0.05, 0) is 27.2 Å². The molecule has 7 heteroatoms. The summed E-state index contributed by atoms with van der Waals surface area (Å²) in [7, 11) is -1.38. The van der Waals surface area contributed by atoms with E-state index in [-0.39, 0.29) is 0 Å². The van der Waals surface area contributed by atoms with Crippen molar-refractivity contribution in [2.45, 2.75) is 58.5 Å². The van der Waals surface area contributed by atoms with Gasteiger partial charge in [0.05, 0.1) is 8.07 Å². The minimum Gasteiger partial charge on any atom is -0.444 e. The van der Waals surface area contributed by atoms with E-state index in [2.05, 4.69) is 29.9 Å². The van der Waals surface area contributed by atoms with Gasteiger partial charge in [0.25, 0.3) is 0 Å². The summed E-state index contributed by atoms with van der Waals surface area (Å²) >= 11 is 1.57. The summed E-state index contributed by atoms with van der Waals surface area (Å²) in [6.45, 7) is 12.6. The van der Waals surface area contributed by atoms with Crippen molar-refractivity contribution >= 4 is 30.0 Å². The molecule has 0 unspecified atom stereocenters. The van der Waals surface area contributed by atoms with E-state index < -0.39 is 25.9 Å². The van der Waals surface area contributed by atoms with Crippen LogP contribution in [0.3, 0.4) is 0 Å². The van der Waals surface area contributed by atoms with Gasteiger partial charge in [-0.1, -0.05) is 19.6 Å². The summed E-state index contributed by atoms with van der Waals surface area (Å²) in [5.41, 5.74) is -0.510. The van der Waals surface area contributed by atoms with Gasteiger partial charge in [0.2, 0.25) is 0 Å². The number of nitrogens with one attached hydrogen (secondary N) is 1. The summed E-state index contributed by atoms with van der Waals surface area (Å²) in [6, 6.07) is 0. The van der Waals surface area contributed by atoms with Crippen LogP contribution in [0.25, 0.3) is 0 Å². The number of hydrogen-bond acceptors (Lipinski definition) is 5. The zero-order chi connectivity index (χ0) is 16.3. The first-order valence-electron chi connectivity index (χ1n) is 7.10. The number of carbonyl (C=O) groups is 1. The smallest absolute Gasteiger partial charge is 0.407 e. The SMILES string of the molecule is CC(C)(C)OC(=O)NCC[C@@H](O)c1ncc([Si](C)(C)C)s1. The minimum absolute atomic E-state index is 0.359. The molecule has 1 atom stereocenters. The minimum atomic E-state index is -1.38. The maximum Gasteiger partial charge on any atom is 0.407 e. The van der Waals surface area contributed by atoms with Crippen LogP contribution in [0.1, 0.15) is 38.3 Å². The highest BCUT2D eigenvalue weighted by Gasteiger charge is 2.22. The first kappa shape index (κ1) is 18.1. The Kier molecular flexibility index (Phi) is 5.95. The summed E-state index contributed by atoms with van der Waals surface area (Å²) in [6.07, 6.45) is 1.20. The van der Waals surface area contributed by atoms with Crippen molar-refractivity contribution in [2.24, 2.45) is 0 Å². The highest BCUT2D eigenvalue weighted by Crippen LogP contribution is 2.19. The Morgan fingerprint density at radius 3 is 2.57 bits per heavy atom. The largest absolute Gasteiger partial charge is 0.444 e. The monoisotopic (exact) mass is 330 g/mol. The predicted molar refractivity (Wildman–Crippen MR) is 88.9 cm³/mol. The molecule has 0 saturated heterocycles. The third-order valence-corrected chi connectivity index (χ3v) is 7.30. The molecular formula is C14H26N2O3SSi. The molecule has 1 rings (SSSR count). The molecule has 0 aliphatic heterocycles. The third kappa shape index (κ3) is 6.58. The molecule has 1 aromatic heterocycles. The Bertz CT molecular complexity index is 477. The molecule has 0 spiro atoms. The molecule has 1 amide bonds. The molecule has 2 N–H and O–H groups in total. The van der Waals surface area contributed by atoms with E-state index in [0.29, 0.717) is 13.0 Å². The van der Waals surface area contributed by atoms with E-state index in [1.165, 1.54) is 4.50 Å². The number of rotatable bonds is 5. The molecule has 5 nitrogen and oxygen atoms in total. The fraction of sp³-hybridized carbons (Fsp3) is 0.714. The molecule has 1 heterocycles. The second-order valence-corrected chi connectivity index (χ2v) is 13.5. The highest BCUT2D eigenvalue weighted by molar-refractivity contribution is 7.26. The Morgan fingerprint density at radius 2 is 2.10 bits per heavy atom. The van der Waals surface area contributed by atoms with Crippen molar-refractivity contribution in [3.8, 4) is 0 Å². The van der Waals surface area contributed by atoms with Crippen molar-refractivity contribution in [3.63, 3.8) is 0 Å². The van der Waals surface area contributed by atoms with Crippen LogP contribution >= 0.6 is 11.3 Å². The van der Waals surface area contributed by atoms with E-state index in [0.717, 1.165) is 5.01 Å². The second kappa shape index (κ2) is 6.89. The summed E-state index contributed by atoms with van der Waals surface area (Å²) in [4.78, 5) is 15.8. The number of amides is 1. The van der Waals surface area contributed by atoms with Crippen LogP contribution in [-0.4, -0.2) is 36.4 Å². The molecule has 21 heavy (non-hydrogen) atoms. The van der Waals surface area contributed by atoms with Crippen molar-refractivity contribution in [1.82, 2.24) is 10.3 Å². The zero-order valence-corrected chi connectivity index (χ0v) is 15.5. The molecule has 0 aliphatic carbocycles. The van der Waals surface area contributed by atoms with Crippen LogP contribution in [0, 0.1) is 0 Å². The van der Waals surface area contributed by atoms with Gasteiger partial charge in [-0.2, -0.15) is 0 Å². The number of nitrogens with zero attached hydrogens (tertiary/aromatic N) is 1. The first-order chi connectivity index (χ1) is 9.49. The van der Waals surface area contributed by atoms with Crippen molar-refractivity contribution in [1.29, 1.82) is 0 Å². The van der Waals surface area contributed by atoms with E-state index in [1.807, 2.05) is 27.0 Å². The van der Waals surface area contributed by atoms with Gasteiger partial charge in [0, 0.05) is 17.2 Å². The average Bonchev–Trinajstić information content (AvgIpc) is 2.74. The Hall–Kier alpha value is -0.923. The average molecular weight is 331 g/mol. The normalized spacial score (nSPS) is 13.9. The lowest BCUT2D eigenvalue weighted by Gasteiger charge is -2.19. The maximum absolute atomic E-state index is 11.5. The van der Waals surface area contributed by atoms with Gasteiger partial charge >= 0.3 is 6.09 Å². The standard InChI is InChI=1S/C14H26N2O3SSi/c1-14(2,3)19-13(18)15-8-7-10(17)12-16-9-11(20-12)21(4,5)6/h9-10,17H,7-8H2,1-6H3,(H,15,18)/t10-/m1/s1. The van der Waals surface area contributed by atoms with Gasteiger partial charge in [-0.15, -0.1) is 11.3 Å². The van der Waals surface area contributed by atoms with Gasteiger partial charge in [-0.25, -0.2) is 9.78 Å². The van der Waals surface area contributed by atoms with E-state index >= 15 is 0 Å². The van der Waals surface area contributed by atoms with Gasteiger partial charge < -0.3 is 15.2 Å². The number of thiazole rings is 1. The van der Waals surface area contributed by atoms with Gasteiger partial charge in [0.1, 0.15) is 16.7 Å². The summed E-state index contributed by atoms with van der Waals surface area (Å²) < 4.78 is 6.41. The Morgan fingerprint density at radius 1 is 1.48 bits per heavy atom. The van der Waals surface area contributed by atoms with Crippen molar-refractivity contribution in [3.05, 3.63) is 11.2 Å².